The Morgan fingerprint density at radius 1 is 1.08 bits per heavy atom. The fraction of sp³-hybridized carbons (Fsp3) is 0.474. The van der Waals surface area contributed by atoms with E-state index in [9.17, 15) is 9.59 Å². The molecular weight excluding hydrogens is 316 g/mol. The Morgan fingerprint density at radius 3 is 2.52 bits per heavy atom. The summed E-state index contributed by atoms with van der Waals surface area (Å²) in [5.74, 6) is 0.847. The monoisotopic (exact) mass is 338 g/mol. The SMILES string of the molecule is O=C(C1CCCC1)N1CC(Cn2nc(-c3ccncc3)ccc2=O)C1. The summed E-state index contributed by atoms with van der Waals surface area (Å²) < 4.78 is 1.53. The lowest BCUT2D eigenvalue weighted by atomic mass is 9.96. The van der Waals surface area contributed by atoms with Gasteiger partial charge >= 0.3 is 0 Å². The number of carbonyl (C=O) groups is 1. The number of pyridine rings is 1. The van der Waals surface area contributed by atoms with Crippen molar-refractivity contribution in [1.82, 2.24) is 19.7 Å². The molecule has 1 aliphatic heterocycles. The van der Waals surface area contributed by atoms with E-state index in [0.29, 0.717) is 18.4 Å². The Labute approximate surface area is 146 Å². The molecule has 1 saturated carbocycles. The lowest BCUT2D eigenvalue weighted by Crippen LogP contribution is -2.53. The molecule has 0 unspecified atom stereocenters. The third kappa shape index (κ3) is 3.34. The van der Waals surface area contributed by atoms with Crippen LogP contribution >= 0.6 is 0 Å². The molecule has 0 atom stereocenters. The molecule has 0 bridgehead atoms. The summed E-state index contributed by atoms with van der Waals surface area (Å²) in [4.78, 5) is 30.4. The maximum atomic E-state index is 12.4. The van der Waals surface area contributed by atoms with Crippen LogP contribution in [0.3, 0.4) is 0 Å². The predicted molar refractivity (Wildman–Crippen MR) is 93.8 cm³/mol. The molecule has 6 nitrogen and oxygen atoms in total. The van der Waals surface area contributed by atoms with Gasteiger partial charge in [0.2, 0.25) is 5.91 Å². The van der Waals surface area contributed by atoms with E-state index >= 15 is 0 Å². The van der Waals surface area contributed by atoms with Crippen molar-refractivity contribution in [2.75, 3.05) is 13.1 Å². The Morgan fingerprint density at radius 2 is 1.80 bits per heavy atom. The second-order valence-electron chi connectivity index (χ2n) is 7.07. The minimum absolute atomic E-state index is 0.0987. The van der Waals surface area contributed by atoms with Gasteiger partial charge in [-0.3, -0.25) is 14.6 Å². The van der Waals surface area contributed by atoms with Crippen molar-refractivity contribution in [1.29, 1.82) is 0 Å². The average Bonchev–Trinajstić information content (AvgIpc) is 3.14. The fourth-order valence-corrected chi connectivity index (χ4v) is 3.80. The van der Waals surface area contributed by atoms with Crippen molar-refractivity contribution < 1.29 is 4.79 Å². The minimum atomic E-state index is -0.0987. The van der Waals surface area contributed by atoms with E-state index in [2.05, 4.69) is 10.1 Å². The summed E-state index contributed by atoms with van der Waals surface area (Å²) in [6.45, 7) is 2.04. The van der Waals surface area contributed by atoms with Crippen molar-refractivity contribution in [3.05, 3.63) is 47.0 Å². The van der Waals surface area contributed by atoms with Crippen LogP contribution in [-0.2, 0) is 11.3 Å². The van der Waals surface area contributed by atoms with Gasteiger partial charge in [0.15, 0.2) is 0 Å². The number of rotatable bonds is 4. The molecule has 2 aromatic heterocycles. The summed E-state index contributed by atoms with van der Waals surface area (Å²) >= 11 is 0. The maximum absolute atomic E-state index is 12.4. The van der Waals surface area contributed by atoms with Crippen LogP contribution in [0.4, 0.5) is 0 Å². The van der Waals surface area contributed by atoms with Crippen molar-refractivity contribution in [2.45, 2.75) is 32.2 Å². The molecule has 3 heterocycles. The van der Waals surface area contributed by atoms with Gasteiger partial charge < -0.3 is 4.90 Å². The molecule has 6 heteroatoms. The van der Waals surface area contributed by atoms with E-state index in [1.807, 2.05) is 17.0 Å². The zero-order valence-corrected chi connectivity index (χ0v) is 14.2. The van der Waals surface area contributed by atoms with Crippen LogP contribution in [-0.4, -0.2) is 38.7 Å². The Bertz CT molecular complexity index is 806. The second-order valence-corrected chi connectivity index (χ2v) is 7.07. The molecule has 2 aliphatic rings. The molecule has 2 aromatic rings. The summed E-state index contributed by atoms with van der Waals surface area (Å²) in [7, 11) is 0. The van der Waals surface area contributed by atoms with E-state index in [-0.39, 0.29) is 11.5 Å². The third-order valence-electron chi connectivity index (χ3n) is 5.25. The molecule has 130 valence electrons. The Kier molecular flexibility index (Phi) is 4.34. The minimum Gasteiger partial charge on any atom is -0.342 e. The highest BCUT2D eigenvalue weighted by Crippen LogP contribution is 2.29. The highest BCUT2D eigenvalue weighted by atomic mass is 16.2. The predicted octanol–water partition coefficient (Wildman–Crippen LogP) is 1.95. The van der Waals surface area contributed by atoms with Gasteiger partial charge in [0.1, 0.15) is 0 Å². The van der Waals surface area contributed by atoms with E-state index < -0.39 is 0 Å². The zero-order valence-electron chi connectivity index (χ0n) is 14.2. The van der Waals surface area contributed by atoms with Crippen molar-refractivity contribution in [2.24, 2.45) is 11.8 Å². The quantitative estimate of drug-likeness (QED) is 0.854. The first-order valence-corrected chi connectivity index (χ1v) is 8.98. The molecule has 0 radical (unpaired) electrons. The Hall–Kier alpha value is -2.50. The number of carbonyl (C=O) groups excluding carboxylic acids is 1. The molecule has 1 saturated heterocycles. The van der Waals surface area contributed by atoms with Crippen LogP contribution < -0.4 is 5.56 Å². The standard InChI is InChI=1S/C19H22N4O2/c24-18-6-5-17(15-7-9-20-10-8-15)21-23(18)13-14-11-22(12-14)19(25)16-3-1-2-4-16/h5-10,14,16H,1-4,11-13H2. The summed E-state index contributed by atoms with van der Waals surface area (Å²) in [6.07, 6.45) is 7.85. The van der Waals surface area contributed by atoms with Crippen LogP contribution in [0.2, 0.25) is 0 Å². The van der Waals surface area contributed by atoms with Gasteiger partial charge in [-0.05, 0) is 31.0 Å². The zero-order chi connectivity index (χ0) is 17.2. The van der Waals surface area contributed by atoms with Gasteiger partial charge in [0.25, 0.3) is 5.56 Å². The van der Waals surface area contributed by atoms with E-state index in [4.69, 9.17) is 0 Å². The first-order valence-electron chi connectivity index (χ1n) is 8.98. The topological polar surface area (TPSA) is 68.1 Å². The van der Waals surface area contributed by atoms with Crippen LogP contribution in [0, 0.1) is 11.8 Å². The third-order valence-corrected chi connectivity index (χ3v) is 5.25. The number of aromatic nitrogens is 3. The van der Waals surface area contributed by atoms with Gasteiger partial charge in [-0.2, -0.15) is 5.10 Å². The largest absolute Gasteiger partial charge is 0.342 e. The van der Waals surface area contributed by atoms with Crippen LogP contribution in [0.5, 0.6) is 0 Å². The molecule has 0 aromatic carbocycles. The molecule has 2 fully saturated rings. The molecule has 1 amide bonds. The van der Waals surface area contributed by atoms with E-state index in [1.165, 1.54) is 17.5 Å². The molecule has 4 rings (SSSR count). The first-order chi connectivity index (χ1) is 12.2. The fourth-order valence-electron chi connectivity index (χ4n) is 3.80. The highest BCUT2D eigenvalue weighted by Gasteiger charge is 2.35. The lowest BCUT2D eigenvalue weighted by molar-refractivity contribution is -0.142. The molecule has 25 heavy (non-hydrogen) atoms. The first kappa shape index (κ1) is 16.0. The smallest absolute Gasteiger partial charge is 0.266 e. The number of hydrogen-bond donors (Lipinski definition) is 0. The van der Waals surface area contributed by atoms with Crippen molar-refractivity contribution in [3.63, 3.8) is 0 Å². The second kappa shape index (κ2) is 6.78. The number of hydrogen-bond acceptors (Lipinski definition) is 4. The molecule has 0 spiro atoms. The number of likely N-dealkylation sites (tertiary alicyclic amines) is 1. The summed E-state index contributed by atoms with van der Waals surface area (Å²) in [5, 5.41) is 4.48. The van der Waals surface area contributed by atoms with Gasteiger partial charge in [-0.15, -0.1) is 0 Å². The maximum Gasteiger partial charge on any atom is 0.266 e. The Balaban J connectivity index is 1.40. The molecular formula is C19H22N4O2. The van der Waals surface area contributed by atoms with Crippen molar-refractivity contribution >= 4 is 5.91 Å². The van der Waals surface area contributed by atoms with E-state index in [0.717, 1.165) is 37.2 Å². The number of amides is 1. The molecule has 0 N–H and O–H groups in total. The van der Waals surface area contributed by atoms with Crippen molar-refractivity contribution in [3.8, 4) is 11.3 Å². The van der Waals surface area contributed by atoms with Crippen LogP contribution in [0.1, 0.15) is 25.7 Å². The van der Waals surface area contributed by atoms with Gasteiger partial charge in [-0.1, -0.05) is 12.8 Å². The van der Waals surface area contributed by atoms with Crippen LogP contribution in [0.15, 0.2) is 41.5 Å². The van der Waals surface area contributed by atoms with Crippen LogP contribution in [0.25, 0.3) is 11.3 Å². The summed E-state index contributed by atoms with van der Waals surface area (Å²) in [5.41, 5.74) is 1.61. The van der Waals surface area contributed by atoms with E-state index in [1.54, 1.807) is 24.5 Å². The van der Waals surface area contributed by atoms with Gasteiger partial charge in [-0.25, -0.2) is 4.68 Å². The van der Waals surface area contributed by atoms with Gasteiger partial charge in [0, 0.05) is 48.9 Å². The number of nitrogens with zero attached hydrogens (tertiary/aromatic N) is 4. The molecule has 1 aliphatic carbocycles. The lowest BCUT2D eigenvalue weighted by Gasteiger charge is -2.40. The summed E-state index contributed by atoms with van der Waals surface area (Å²) in [6, 6.07) is 7.05. The highest BCUT2D eigenvalue weighted by molar-refractivity contribution is 5.79. The van der Waals surface area contributed by atoms with Gasteiger partial charge in [0.05, 0.1) is 12.2 Å². The average molecular weight is 338 g/mol. The normalized spacial score (nSPS) is 18.3.